The summed E-state index contributed by atoms with van der Waals surface area (Å²) in [6, 6.07) is 5.68. The van der Waals surface area contributed by atoms with Crippen LogP contribution in [0, 0.1) is 6.92 Å². The lowest BCUT2D eigenvalue weighted by Gasteiger charge is -2.12. The average molecular weight is 329 g/mol. The zero-order chi connectivity index (χ0) is 17.0. The quantitative estimate of drug-likeness (QED) is 0.913. The summed E-state index contributed by atoms with van der Waals surface area (Å²) >= 11 is 0. The summed E-state index contributed by atoms with van der Waals surface area (Å²) in [7, 11) is 0. The van der Waals surface area contributed by atoms with Crippen LogP contribution in [-0.2, 0) is 0 Å². The van der Waals surface area contributed by atoms with Crippen LogP contribution in [0.4, 0.5) is 13.2 Å². The summed E-state index contributed by atoms with van der Waals surface area (Å²) in [5.41, 5.74) is 0.0999. The van der Waals surface area contributed by atoms with Crippen molar-refractivity contribution in [3.63, 3.8) is 0 Å². The maximum atomic E-state index is 12.0. The number of amides is 1. The third kappa shape index (κ3) is 4.97. The topological polar surface area (TPSA) is 77.2 Å². The molecule has 0 bridgehead atoms. The van der Waals surface area contributed by atoms with Crippen LogP contribution < -0.4 is 10.1 Å². The molecule has 2 rings (SSSR count). The van der Waals surface area contributed by atoms with Gasteiger partial charge in [0.2, 0.25) is 5.89 Å². The molecule has 0 spiro atoms. The summed E-state index contributed by atoms with van der Waals surface area (Å²) in [6.07, 6.45) is -4.95. The summed E-state index contributed by atoms with van der Waals surface area (Å²) in [5, 5.41) is 9.30. The number of carbonyl (C=O) groups is 1. The summed E-state index contributed by atoms with van der Waals surface area (Å²) in [5.74, 6) is 0.316. The number of nitrogens with one attached hydrogen (secondary N) is 1. The first-order valence-corrected chi connectivity index (χ1v) is 6.66. The van der Waals surface area contributed by atoms with Crippen molar-refractivity contribution in [3.05, 3.63) is 41.6 Å². The molecule has 9 heteroatoms. The molecule has 0 saturated carbocycles. The van der Waals surface area contributed by atoms with E-state index in [1.54, 1.807) is 19.2 Å². The van der Waals surface area contributed by atoms with Gasteiger partial charge in [-0.15, -0.1) is 10.2 Å². The monoisotopic (exact) mass is 329 g/mol. The van der Waals surface area contributed by atoms with Gasteiger partial charge in [-0.2, -0.15) is 13.2 Å². The summed E-state index contributed by atoms with van der Waals surface area (Å²) in [6.45, 7) is 1.98. The third-order valence-electron chi connectivity index (χ3n) is 2.77. The molecule has 0 radical (unpaired) electrons. The largest absolute Gasteiger partial charge is 0.481 e. The molecule has 124 valence electrons. The Kier molecular flexibility index (Phi) is 4.87. The number of ether oxygens (including phenoxy) is 1. The van der Waals surface area contributed by atoms with Crippen LogP contribution in [0.1, 0.15) is 35.2 Å². The van der Waals surface area contributed by atoms with Crippen molar-refractivity contribution >= 4 is 5.91 Å². The second-order valence-electron chi connectivity index (χ2n) is 4.74. The number of aryl methyl sites for hydroxylation is 1. The van der Waals surface area contributed by atoms with Gasteiger partial charge in [0.25, 0.3) is 11.8 Å². The third-order valence-corrected chi connectivity index (χ3v) is 2.77. The first-order valence-electron chi connectivity index (χ1n) is 6.66. The normalized spacial score (nSPS) is 12.7. The van der Waals surface area contributed by atoms with Gasteiger partial charge in [-0.1, -0.05) is 0 Å². The maximum absolute atomic E-state index is 12.0. The molecule has 0 aliphatic rings. The molecule has 2 aromatic rings. The van der Waals surface area contributed by atoms with Gasteiger partial charge in [0.1, 0.15) is 12.3 Å². The molecule has 0 fully saturated rings. The Morgan fingerprint density at radius 1 is 1.30 bits per heavy atom. The van der Waals surface area contributed by atoms with Crippen LogP contribution in [0.15, 0.2) is 28.7 Å². The highest BCUT2D eigenvalue weighted by Gasteiger charge is 2.27. The molecule has 0 unspecified atom stereocenters. The van der Waals surface area contributed by atoms with Crippen LogP contribution in [0.5, 0.6) is 5.75 Å². The lowest BCUT2D eigenvalue weighted by molar-refractivity contribution is -0.123. The minimum absolute atomic E-state index is 0.0999. The Hall–Kier alpha value is -2.58. The number of benzene rings is 1. The van der Waals surface area contributed by atoms with Crippen molar-refractivity contribution in [2.75, 3.05) is 6.54 Å². The standard InChI is InChI=1S/C14H14F3N3O3/c1-8(13-20-19-9(2)23-13)22-11-5-3-10(4-6-11)12(21)18-7-14(15,16)17/h3-6,8H,7H2,1-2H3,(H,18,21)/t8-/m0/s1. The molecular formula is C14H14F3N3O3. The minimum atomic E-state index is -4.45. The highest BCUT2D eigenvalue weighted by atomic mass is 19.4. The van der Waals surface area contributed by atoms with E-state index in [1.807, 2.05) is 0 Å². The van der Waals surface area contributed by atoms with Gasteiger partial charge < -0.3 is 14.5 Å². The van der Waals surface area contributed by atoms with Crippen LogP contribution in [0.25, 0.3) is 0 Å². The van der Waals surface area contributed by atoms with Gasteiger partial charge in [0.15, 0.2) is 6.10 Å². The molecule has 1 aromatic carbocycles. The second-order valence-corrected chi connectivity index (χ2v) is 4.74. The predicted molar refractivity (Wildman–Crippen MR) is 72.9 cm³/mol. The fraction of sp³-hybridized carbons (Fsp3) is 0.357. The molecule has 0 aliphatic heterocycles. The van der Waals surface area contributed by atoms with Gasteiger partial charge in [-0.25, -0.2) is 0 Å². The first-order chi connectivity index (χ1) is 10.7. The van der Waals surface area contributed by atoms with Crippen LogP contribution in [-0.4, -0.2) is 28.8 Å². The molecule has 0 saturated heterocycles. The van der Waals surface area contributed by atoms with Crippen molar-refractivity contribution < 1.29 is 27.1 Å². The Morgan fingerprint density at radius 3 is 2.48 bits per heavy atom. The molecule has 1 amide bonds. The zero-order valence-electron chi connectivity index (χ0n) is 12.3. The number of hydrogen-bond acceptors (Lipinski definition) is 5. The van der Waals surface area contributed by atoms with Gasteiger partial charge >= 0.3 is 6.18 Å². The molecule has 1 aromatic heterocycles. The number of nitrogens with zero attached hydrogens (tertiary/aromatic N) is 2. The van der Waals surface area contributed by atoms with Gasteiger partial charge in [-0.3, -0.25) is 4.79 Å². The van der Waals surface area contributed by atoms with Crippen LogP contribution in [0.2, 0.25) is 0 Å². The zero-order valence-corrected chi connectivity index (χ0v) is 12.3. The average Bonchev–Trinajstić information content (AvgIpc) is 2.91. The first kappa shape index (κ1) is 16.8. The Labute approximate surface area is 129 Å². The van der Waals surface area contributed by atoms with E-state index < -0.39 is 24.7 Å². The molecule has 6 nitrogen and oxygen atoms in total. The van der Waals surface area contributed by atoms with Crippen LogP contribution >= 0.6 is 0 Å². The molecule has 0 aliphatic carbocycles. The van der Waals surface area contributed by atoms with Gasteiger partial charge in [0.05, 0.1) is 0 Å². The number of carbonyl (C=O) groups excluding carboxylic acids is 1. The van der Waals surface area contributed by atoms with E-state index in [0.29, 0.717) is 17.5 Å². The maximum Gasteiger partial charge on any atom is 0.405 e. The van der Waals surface area contributed by atoms with E-state index in [9.17, 15) is 18.0 Å². The SMILES string of the molecule is Cc1nnc([C@H](C)Oc2ccc(C(=O)NCC(F)(F)F)cc2)o1. The van der Waals surface area contributed by atoms with Crippen molar-refractivity contribution in [1.82, 2.24) is 15.5 Å². The summed E-state index contributed by atoms with van der Waals surface area (Å²) < 4.78 is 46.9. The van der Waals surface area contributed by atoms with Crippen molar-refractivity contribution in [1.29, 1.82) is 0 Å². The molecule has 1 N–H and O–H groups in total. The van der Waals surface area contributed by atoms with Gasteiger partial charge in [0, 0.05) is 12.5 Å². The lowest BCUT2D eigenvalue weighted by atomic mass is 10.2. The van der Waals surface area contributed by atoms with Gasteiger partial charge in [-0.05, 0) is 31.2 Å². The number of aromatic nitrogens is 2. The van der Waals surface area contributed by atoms with E-state index in [0.717, 1.165) is 0 Å². The number of halogens is 3. The second kappa shape index (κ2) is 6.67. The van der Waals surface area contributed by atoms with E-state index in [4.69, 9.17) is 9.15 Å². The molecular weight excluding hydrogens is 315 g/mol. The van der Waals surface area contributed by atoms with E-state index in [2.05, 4.69) is 10.2 Å². The number of alkyl halides is 3. The number of rotatable bonds is 5. The molecule has 1 heterocycles. The summed E-state index contributed by atoms with van der Waals surface area (Å²) in [4.78, 5) is 11.6. The smallest absolute Gasteiger partial charge is 0.405 e. The minimum Gasteiger partial charge on any atom is -0.481 e. The van der Waals surface area contributed by atoms with Crippen LogP contribution in [0.3, 0.4) is 0 Å². The number of hydrogen-bond donors (Lipinski definition) is 1. The van der Waals surface area contributed by atoms with Crippen molar-refractivity contribution in [3.8, 4) is 5.75 Å². The Bertz CT molecular complexity index is 668. The highest BCUT2D eigenvalue weighted by Crippen LogP contribution is 2.21. The predicted octanol–water partition coefficient (Wildman–Crippen LogP) is 2.81. The highest BCUT2D eigenvalue weighted by molar-refractivity contribution is 5.94. The van der Waals surface area contributed by atoms with E-state index >= 15 is 0 Å². The van der Waals surface area contributed by atoms with E-state index in [1.165, 1.54) is 24.3 Å². The van der Waals surface area contributed by atoms with Crippen molar-refractivity contribution in [2.45, 2.75) is 26.1 Å². The molecule has 1 atom stereocenters. The fourth-order valence-electron chi connectivity index (χ4n) is 1.70. The Morgan fingerprint density at radius 2 is 1.96 bits per heavy atom. The fourth-order valence-corrected chi connectivity index (χ4v) is 1.70. The molecule has 23 heavy (non-hydrogen) atoms. The Balaban J connectivity index is 1.95. The van der Waals surface area contributed by atoms with E-state index in [-0.39, 0.29) is 5.56 Å². The van der Waals surface area contributed by atoms with Crippen molar-refractivity contribution in [2.24, 2.45) is 0 Å². The lowest BCUT2D eigenvalue weighted by Crippen LogP contribution is -2.33.